The molecule has 1 aliphatic rings. The van der Waals surface area contributed by atoms with E-state index in [0.717, 1.165) is 49.9 Å². The van der Waals surface area contributed by atoms with Gasteiger partial charge in [0.25, 0.3) is 0 Å². The Morgan fingerprint density at radius 1 is 0.396 bits per heavy atom. The third-order valence-corrected chi connectivity index (χ3v) is 16.8. The Hall–Kier alpha value is -6.37. The zero-order valence-electron chi connectivity index (χ0n) is 69.9. The molecule has 4 aromatic rings. The Kier molecular flexibility index (Phi) is 39.2. The summed E-state index contributed by atoms with van der Waals surface area (Å²) in [7, 11) is 0. The third-order valence-electron chi connectivity index (χ3n) is 16.8. The zero-order valence-corrected chi connectivity index (χ0v) is 69.9. The van der Waals surface area contributed by atoms with Crippen LogP contribution in [0.4, 0.5) is 35.1 Å². The lowest BCUT2D eigenvalue weighted by Gasteiger charge is -2.33. The summed E-state index contributed by atoms with van der Waals surface area (Å²) in [4.78, 5) is 62.0. The summed E-state index contributed by atoms with van der Waals surface area (Å²) in [5.74, 6) is -3.78. The van der Waals surface area contributed by atoms with Crippen molar-refractivity contribution in [2.75, 3.05) is 6.61 Å². The Balaban J connectivity index is 0.000000665. The molecule has 7 atom stereocenters. The minimum atomic E-state index is -0.582. The highest BCUT2D eigenvalue weighted by molar-refractivity contribution is 5.82. The van der Waals surface area contributed by atoms with Gasteiger partial charge in [0.05, 0.1) is 0 Å². The number of carbonyl (C=O) groups excluding carboxylic acids is 5. The molecule has 0 radical (unpaired) electrons. The zero-order chi connectivity index (χ0) is 82.1. The number of carbonyl (C=O) groups is 5. The van der Waals surface area contributed by atoms with Gasteiger partial charge in [-0.1, -0.05) is 90.0 Å². The van der Waals surface area contributed by atoms with E-state index in [-0.39, 0.29) is 109 Å². The standard InChI is InChI=1S/C19H27F2NO.C19H29F2NO.C18H27F2NO.C17H25F2NO.C14H29NO2/c1-12-7-15(12)10-14(18(23)22-19(2,3)4)6-5-13-8-16(20)11-17(21)9-13;1-18(2,3)12-14(17(23)22-19(4,5)6)8-7-13-9-15(20)11-16(21)10-13;1-17(2,3)15(16(22)21-18(4,5)6)8-7-12-9-13(19)11-14(20)10-12;1-11(2)15(16(21)20-17(3,4)5)7-6-12-8-13(18)10-14(19)9-12;1-8-9-17-11(10-13(2,3)4)12(16)15-14(5,6)7/h8-9,11-12,14-15H,5-7,10H2,1-4H3,(H,22,23);9-11,14H,7-8,12H2,1-6H3,(H,22,23);9-11,15H,7-8H2,1-6H3,(H,21,22);8-11,15H,6-7H2,1-5H3,(H,20,21);11H,8-10H2,1-7H3,(H,15,16). The third kappa shape index (κ3) is 46.1. The minimum Gasteiger partial charge on any atom is -0.368 e. The molecular weight excluding hydrogens is 1360 g/mol. The Labute approximate surface area is 634 Å². The van der Waals surface area contributed by atoms with E-state index in [1.54, 1.807) is 0 Å². The van der Waals surface area contributed by atoms with Crippen molar-refractivity contribution in [3.05, 3.63) is 142 Å². The number of hydrogen-bond donors (Lipinski definition) is 5. The topological polar surface area (TPSA) is 155 Å². The number of rotatable bonds is 25. The average molecular weight is 1500 g/mol. The van der Waals surface area contributed by atoms with E-state index in [0.29, 0.717) is 92.1 Å². The molecule has 0 bridgehead atoms. The van der Waals surface area contributed by atoms with E-state index < -0.39 is 46.5 Å². The summed E-state index contributed by atoms with van der Waals surface area (Å²) in [5.41, 5.74) is 0.890. The molecule has 7 unspecified atom stereocenters. The van der Waals surface area contributed by atoms with Gasteiger partial charge in [-0.05, 0) is 292 Å². The summed E-state index contributed by atoms with van der Waals surface area (Å²) in [6, 6.07) is 14.1. The summed E-state index contributed by atoms with van der Waals surface area (Å²) >= 11 is 0. The maximum absolute atomic E-state index is 13.3. The fourth-order valence-electron chi connectivity index (χ4n) is 11.9. The predicted molar refractivity (Wildman–Crippen MR) is 417 cm³/mol. The number of nitrogens with one attached hydrogen (secondary N) is 5. The Morgan fingerprint density at radius 2 is 0.679 bits per heavy atom. The Bertz CT molecular complexity index is 3290. The first kappa shape index (κ1) is 97.6. The van der Waals surface area contributed by atoms with Gasteiger partial charge in [-0.3, -0.25) is 24.0 Å². The molecule has 11 nitrogen and oxygen atoms in total. The van der Waals surface area contributed by atoms with E-state index in [1.165, 1.54) is 55.0 Å². The van der Waals surface area contributed by atoms with Gasteiger partial charge in [-0.15, -0.1) is 0 Å². The van der Waals surface area contributed by atoms with Crippen LogP contribution in [0.15, 0.2) is 72.8 Å². The number of ether oxygens (including phenoxy) is 1. The molecule has 5 rings (SSSR count). The van der Waals surface area contributed by atoms with Gasteiger partial charge in [0.1, 0.15) is 52.6 Å². The van der Waals surface area contributed by atoms with Crippen molar-refractivity contribution >= 4 is 29.5 Å². The van der Waals surface area contributed by atoms with Gasteiger partial charge < -0.3 is 31.3 Å². The molecule has 4 aromatic carbocycles. The van der Waals surface area contributed by atoms with Gasteiger partial charge in [0, 0.05) is 82.2 Å². The molecule has 602 valence electrons. The molecule has 5 amide bonds. The first-order chi connectivity index (χ1) is 48.0. The van der Waals surface area contributed by atoms with Crippen molar-refractivity contribution in [3.63, 3.8) is 0 Å². The molecule has 0 spiro atoms. The molecule has 1 aliphatic carbocycles. The van der Waals surface area contributed by atoms with Crippen molar-refractivity contribution < 1.29 is 63.8 Å². The highest BCUT2D eigenvalue weighted by atomic mass is 19.2. The van der Waals surface area contributed by atoms with Gasteiger partial charge in [-0.25, -0.2) is 35.1 Å². The van der Waals surface area contributed by atoms with Crippen LogP contribution in [0.2, 0.25) is 0 Å². The van der Waals surface area contributed by atoms with E-state index in [9.17, 15) is 59.1 Å². The van der Waals surface area contributed by atoms with Crippen molar-refractivity contribution in [2.24, 2.45) is 57.7 Å². The maximum atomic E-state index is 13.3. The van der Waals surface area contributed by atoms with E-state index >= 15 is 0 Å². The van der Waals surface area contributed by atoms with Crippen LogP contribution in [0.25, 0.3) is 0 Å². The number of halogens is 8. The van der Waals surface area contributed by atoms with Crippen molar-refractivity contribution in [2.45, 2.75) is 311 Å². The maximum Gasteiger partial charge on any atom is 0.249 e. The second-order valence-corrected chi connectivity index (χ2v) is 38.2. The van der Waals surface area contributed by atoms with Crippen LogP contribution in [-0.2, 0) is 54.4 Å². The lowest BCUT2D eigenvalue weighted by molar-refractivity contribution is -0.136. The first-order valence-corrected chi connectivity index (χ1v) is 38.0. The number of benzene rings is 4. The fraction of sp³-hybridized carbons (Fsp3) is 0.667. The molecule has 0 saturated heterocycles. The van der Waals surface area contributed by atoms with Crippen molar-refractivity contribution in [1.82, 2.24) is 26.6 Å². The number of hydrogen-bond acceptors (Lipinski definition) is 6. The lowest BCUT2D eigenvalue weighted by Crippen LogP contribution is -2.47. The second kappa shape index (κ2) is 42.6. The van der Waals surface area contributed by atoms with Crippen LogP contribution in [0.1, 0.15) is 274 Å². The van der Waals surface area contributed by atoms with Crippen LogP contribution in [0, 0.1) is 104 Å². The predicted octanol–water partition coefficient (Wildman–Crippen LogP) is 21.0. The van der Waals surface area contributed by atoms with Crippen LogP contribution < -0.4 is 26.6 Å². The summed E-state index contributed by atoms with van der Waals surface area (Å²) < 4.78 is 112. The van der Waals surface area contributed by atoms with Gasteiger partial charge in [0.2, 0.25) is 29.5 Å². The number of aryl methyl sites for hydroxylation is 4. The monoisotopic (exact) mass is 1500 g/mol. The normalized spacial score (nSPS) is 15.6. The van der Waals surface area contributed by atoms with E-state index in [1.807, 2.05) is 138 Å². The average Bonchev–Trinajstić information content (AvgIpc) is 1.62. The SMILES string of the molecule is CC(C)(C)CC(CCc1cc(F)cc(F)c1)C(=O)NC(C)(C)C.CC(C)(C)NC(=O)C(CCc1cc(F)cc(F)c1)C(C)(C)C.CC(C)C(CCc1cc(F)cc(F)c1)C(=O)NC(C)(C)C.CC1CC1CC(CCc1cc(F)cc(F)c1)C(=O)NC(C)(C)C.CCCOC(CC(C)(C)C)C(=O)NC(C)(C)C. The van der Waals surface area contributed by atoms with Crippen LogP contribution in [-0.4, -0.2) is 69.9 Å². The molecule has 0 heterocycles. The van der Waals surface area contributed by atoms with Crippen molar-refractivity contribution in [1.29, 1.82) is 0 Å². The quantitative estimate of drug-likeness (QED) is 0.0416. The summed E-state index contributed by atoms with van der Waals surface area (Å²) in [6.07, 6.45) is 8.36. The van der Waals surface area contributed by atoms with Crippen molar-refractivity contribution in [3.8, 4) is 0 Å². The van der Waals surface area contributed by atoms with E-state index in [4.69, 9.17) is 4.74 Å². The summed E-state index contributed by atoms with van der Waals surface area (Å²) in [5, 5.41) is 15.0. The van der Waals surface area contributed by atoms with Gasteiger partial charge >= 0.3 is 0 Å². The van der Waals surface area contributed by atoms with Gasteiger partial charge in [0.15, 0.2) is 0 Å². The largest absolute Gasteiger partial charge is 0.368 e. The molecule has 0 aromatic heterocycles. The molecule has 19 heteroatoms. The molecule has 1 saturated carbocycles. The van der Waals surface area contributed by atoms with Crippen LogP contribution in [0.3, 0.4) is 0 Å². The van der Waals surface area contributed by atoms with Crippen LogP contribution >= 0.6 is 0 Å². The first-order valence-electron chi connectivity index (χ1n) is 38.0. The highest BCUT2D eigenvalue weighted by Crippen LogP contribution is 2.43. The fourth-order valence-corrected chi connectivity index (χ4v) is 11.9. The molecule has 1 fully saturated rings. The molecule has 0 aliphatic heterocycles. The minimum absolute atomic E-state index is 0.000810. The number of amides is 5. The molecule has 106 heavy (non-hydrogen) atoms. The molecular formula is C87H137F8N5O6. The second-order valence-electron chi connectivity index (χ2n) is 38.2. The summed E-state index contributed by atoms with van der Waals surface area (Å²) in [6.45, 7) is 56.8. The lowest BCUT2D eigenvalue weighted by atomic mass is 9.76. The molecule has 5 N–H and O–H groups in total. The van der Waals surface area contributed by atoms with Crippen LogP contribution in [0.5, 0.6) is 0 Å². The van der Waals surface area contributed by atoms with E-state index in [2.05, 4.69) is 82.0 Å². The Morgan fingerprint density at radius 3 is 0.972 bits per heavy atom. The highest BCUT2D eigenvalue weighted by Gasteiger charge is 2.38. The smallest absolute Gasteiger partial charge is 0.249 e. The van der Waals surface area contributed by atoms with Gasteiger partial charge in [-0.2, -0.15) is 0 Å².